The highest BCUT2D eigenvalue weighted by Crippen LogP contribution is 2.54. The van der Waals surface area contributed by atoms with Crippen molar-refractivity contribution in [1.82, 2.24) is 10.6 Å². The zero-order valence-electron chi connectivity index (χ0n) is 38.5. The lowest BCUT2D eigenvalue weighted by atomic mass is 9.55. The molecule has 6 rings (SSSR count). The van der Waals surface area contributed by atoms with E-state index in [0.29, 0.717) is 36.5 Å². The molecule has 2 amide bonds. The van der Waals surface area contributed by atoms with Crippen molar-refractivity contribution in [2.45, 2.75) is 207 Å². The summed E-state index contributed by atoms with van der Waals surface area (Å²) in [5.74, 6) is -0.802. The van der Waals surface area contributed by atoms with E-state index in [4.69, 9.17) is 9.47 Å². The van der Waals surface area contributed by atoms with Gasteiger partial charge in [-0.15, -0.1) is 0 Å². The van der Waals surface area contributed by atoms with E-state index in [2.05, 4.69) is 52.2 Å². The summed E-state index contributed by atoms with van der Waals surface area (Å²) in [6.07, 6.45) is 1.82. The number of hydrogen-bond acceptors (Lipinski definition) is 4. The molecule has 6 aliphatic rings. The third kappa shape index (κ3) is 11.6. The first-order valence-corrected chi connectivity index (χ1v) is 24.5. The molecule has 0 aliphatic heterocycles. The molecule has 12 heteroatoms. The van der Waals surface area contributed by atoms with Crippen molar-refractivity contribution in [3.63, 3.8) is 0 Å². The second-order valence-electron chi connectivity index (χ2n) is 22.4. The van der Waals surface area contributed by atoms with E-state index < -0.39 is 42.4 Å². The summed E-state index contributed by atoms with van der Waals surface area (Å²) < 4.78 is 99.5. The van der Waals surface area contributed by atoms with Crippen LogP contribution in [0.2, 0.25) is 0 Å². The number of carbonyl (C=O) groups excluding carboxylic acids is 2. The summed E-state index contributed by atoms with van der Waals surface area (Å²) in [5, 5.41) is 5.82. The highest BCUT2D eigenvalue weighted by Gasteiger charge is 2.53. The minimum Gasteiger partial charge on any atom is -0.374 e. The SMILES string of the molecule is CNC(=O)C1CCC(C2CCC(C(=O)NC3CCC(OC4C(C)CC(C(C)(C)C5CC(C)C(OC6CCC(C)CC6C(F)(F)F)C(C)C5)CC4C)C(C(F)(F)F)C3)CC2)CC1. The molecule has 352 valence electrons. The van der Waals surface area contributed by atoms with E-state index in [-0.39, 0.29) is 90.1 Å². The van der Waals surface area contributed by atoms with Crippen molar-refractivity contribution >= 4 is 11.8 Å². The Hall–Kier alpha value is -1.56. The van der Waals surface area contributed by atoms with Crippen LogP contribution in [-0.4, -0.2) is 61.7 Å². The molecule has 6 aliphatic carbocycles. The third-order valence-electron chi connectivity index (χ3n) is 17.9. The van der Waals surface area contributed by atoms with E-state index in [1.807, 2.05) is 6.92 Å². The second kappa shape index (κ2) is 19.9. The predicted octanol–water partition coefficient (Wildman–Crippen LogP) is 12.1. The summed E-state index contributed by atoms with van der Waals surface area (Å²) in [6.45, 7) is 15.1. The zero-order chi connectivity index (χ0) is 44.6. The minimum atomic E-state index is -4.44. The maximum Gasteiger partial charge on any atom is 0.394 e. The Balaban J connectivity index is 0.982. The lowest BCUT2D eigenvalue weighted by Crippen LogP contribution is -2.52. The van der Waals surface area contributed by atoms with E-state index in [9.17, 15) is 35.9 Å². The molecular weight excluding hydrogens is 795 g/mol. The molecule has 10 unspecified atom stereocenters. The Morgan fingerprint density at radius 2 is 0.902 bits per heavy atom. The van der Waals surface area contributed by atoms with Crippen LogP contribution in [0.5, 0.6) is 0 Å². The quantitative estimate of drug-likeness (QED) is 0.214. The lowest BCUT2D eigenvalue weighted by Gasteiger charge is -2.53. The molecule has 6 nitrogen and oxygen atoms in total. The Kier molecular flexibility index (Phi) is 15.9. The fourth-order valence-electron chi connectivity index (χ4n) is 14.0. The summed E-state index contributed by atoms with van der Waals surface area (Å²) >= 11 is 0. The number of halogens is 6. The molecular formula is C49H80F6N2O4. The first-order valence-electron chi connectivity index (χ1n) is 24.5. The minimum absolute atomic E-state index is 0.0460. The third-order valence-corrected chi connectivity index (χ3v) is 17.9. The number of amides is 2. The van der Waals surface area contributed by atoms with Crippen molar-refractivity contribution in [2.24, 2.45) is 82.3 Å². The molecule has 10 atom stereocenters. The van der Waals surface area contributed by atoms with Crippen molar-refractivity contribution in [2.75, 3.05) is 7.05 Å². The summed E-state index contributed by atoms with van der Waals surface area (Å²) in [6, 6.07) is -0.522. The number of carbonyl (C=O) groups is 2. The molecule has 0 spiro atoms. The molecule has 0 aromatic rings. The number of nitrogens with one attached hydrogen (secondary N) is 2. The smallest absolute Gasteiger partial charge is 0.374 e. The second-order valence-corrected chi connectivity index (χ2v) is 22.4. The van der Waals surface area contributed by atoms with E-state index in [1.54, 1.807) is 7.05 Å². The van der Waals surface area contributed by atoms with Crippen LogP contribution in [0.25, 0.3) is 0 Å². The Bertz CT molecular complexity index is 1420. The average molecular weight is 875 g/mol. The van der Waals surface area contributed by atoms with Crippen molar-refractivity contribution < 1.29 is 45.4 Å². The topological polar surface area (TPSA) is 76.7 Å². The van der Waals surface area contributed by atoms with Gasteiger partial charge in [-0.05, 0) is 174 Å². The fraction of sp³-hybridized carbons (Fsp3) is 0.959. The van der Waals surface area contributed by atoms with Gasteiger partial charge in [0, 0.05) is 24.9 Å². The van der Waals surface area contributed by atoms with E-state index >= 15 is 0 Å². The normalized spacial score (nSPS) is 43.3. The van der Waals surface area contributed by atoms with Crippen molar-refractivity contribution in [3.8, 4) is 0 Å². The summed E-state index contributed by atoms with van der Waals surface area (Å²) in [7, 11) is 1.69. The largest absolute Gasteiger partial charge is 0.394 e. The van der Waals surface area contributed by atoms with Gasteiger partial charge in [-0.25, -0.2) is 0 Å². The van der Waals surface area contributed by atoms with Gasteiger partial charge in [0.2, 0.25) is 11.8 Å². The predicted molar refractivity (Wildman–Crippen MR) is 226 cm³/mol. The van der Waals surface area contributed by atoms with Crippen LogP contribution < -0.4 is 10.6 Å². The van der Waals surface area contributed by atoms with Crippen LogP contribution in [0.4, 0.5) is 26.3 Å². The fourth-order valence-corrected chi connectivity index (χ4v) is 14.0. The lowest BCUT2D eigenvalue weighted by molar-refractivity contribution is -0.238. The molecule has 0 radical (unpaired) electrons. The first kappa shape index (κ1) is 48.9. The van der Waals surface area contributed by atoms with Gasteiger partial charge < -0.3 is 20.1 Å². The average Bonchev–Trinajstić information content (AvgIpc) is 3.20. The van der Waals surface area contributed by atoms with Gasteiger partial charge in [-0.1, -0.05) is 48.5 Å². The number of hydrogen-bond donors (Lipinski definition) is 2. The number of rotatable bonds is 10. The molecule has 0 heterocycles. The Morgan fingerprint density at radius 1 is 0.508 bits per heavy atom. The molecule has 0 saturated heterocycles. The van der Waals surface area contributed by atoms with Gasteiger partial charge in [0.05, 0.1) is 36.3 Å². The van der Waals surface area contributed by atoms with Crippen LogP contribution in [-0.2, 0) is 19.1 Å². The highest BCUT2D eigenvalue weighted by molar-refractivity contribution is 5.79. The summed E-state index contributed by atoms with van der Waals surface area (Å²) in [4.78, 5) is 25.5. The molecule has 2 N–H and O–H groups in total. The van der Waals surface area contributed by atoms with Crippen LogP contribution >= 0.6 is 0 Å². The number of alkyl halides is 6. The highest BCUT2D eigenvalue weighted by atomic mass is 19.4. The van der Waals surface area contributed by atoms with Crippen LogP contribution in [0, 0.1) is 82.3 Å². The Morgan fingerprint density at radius 3 is 1.31 bits per heavy atom. The van der Waals surface area contributed by atoms with Gasteiger partial charge in [-0.3, -0.25) is 9.59 Å². The van der Waals surface area contributed by atoms with E-state index in [1.165, 1.54) is 0 Å². The van der Waals surface area contributed by atoms with Crippen molar-refractivity contribution in [1.29, 1.82) is 0 Å². The Labute approximate surface area is 363 Å². The molecule has 0 aromatic heterocycles. The molecule has 61 heavy (non-hydrogen) atoms. The van der Waals surface area contributed by atoms with Crippen LogP contribution in [0.15, 0.2) is 0 Å². The number of ether oxygens (including phenoxy) is 2. The molecule has 0 aromatic carbocycles. The maximum atomic E-state index is 14.8. The van der Waals surface area contributed by atoms with Gasteiger partial charge in [0.15, 0.2) is 0 Å². The van der Waals surface area contributed by atoms with Gasteiger partial charge in [0.25, 0.3) is 0 Å². The maximum absolute atomic E-state index is 14.8. The monoisotopic (exact) mass is 875 g/mol. The van der Waals surface area contributed by atoms with Gasteiger partial charge in [-0.2, -0.15) is 26.3 Å². The molecule has 6 fully saturated rings. The zero-order valence-corrected chi connectivity index (χ0v) is 38.5. The van der Waals surface area contributed by atoms with Crippen molar-refractivity contribution in [3.05, 3.63) is 0 Å². The first-order chi connectivity index (χ1) is 28.6. The standard InChI is InChI=1S/C49H80F6N2O4/c1-27-9-19-41(39(21-27)48(50,51)52)60-43-28(2)22-36(23-29(43)3)47(6,7)37-24-30(4)44(31(5)25-37)61-42-20-18-38(26-40(42)49(53,54)55)57-46(59)35-16-12-33(13-17-35)32-10-14-34(15-11-32)45(58)56-8/h27-44H,9-26H2,1-8H3,(H,56,58)(H,57,59). The van der Waals surface area contributed by atoms with E-state index in [0.717, 1.165) is 83.5 Å². The molecule has 0 bridgehead atoms. The van der Waals surface area contributed by atoms with Gasteiger partial charge >= 0.3 is 12.4 Å². The van der Waals surface area contributed by atoms with Crippen LogP contribution in [0.1, 0.15) is 164 Å². The summed E-state index contributed by atoms with van der Waals surface area (Å²) in [5.41, 5.74) is -0.0624. The molecule has 6 saturated carbocycles. The van der Waals surface area contributed by atoms with Gasteiger partial charge in [0.1, 0.15) is 0 Å². The van der Waals surface area contributed by atoms with Crippen LogP contribution in [0.3, 0.4) is 0 Å².